The van der Waals surface area contributed by atoms with Crippen LogP contribution in [0.5, 0.6) is 0 Å². The van der Waals surface area contributed by atoms with E-state index in [-0.39, 0.29) is 46.0 Å². The van der Waals surface area contributed by atoms with E-state index >= 15 is 0 Å². The van der Waals surface area contributed by atoms with Crippen LogP contribution in [0.25, 0.3) is 0 Å². The maximum absolute atomic E-state index is 2.34. The summed E-state index contributed by atoms with van der Waals surface area (Å²) in [4.78, 5) is 0. The molecule has 0 aromatic rings. The molecule has 0 aromatic heterocycles. The third-order valence-electron chi connectivity index (χ3n) is 1.80. The van der Waals surface area contributed by atoms with Gasteiger partial charge in [-0.25, -0.2) is 0 Å². The van der Waals surface area contributed by atoms with Gasteiger partial charge >= 0.3 is 82.4 Å². The van der Waals surface area contributed by atoms with Crippen molar-refractivity contribution in [3.05, 3.63) is 0 Å². The first-order valence-electron chi connectivity index (χ1n) is 4.83. The van der Waals surface area contributed by atoms with Gasteiger partial charge in [0, 0.05) is 0 Å². The molecule has 0 atom stereocenters. The minimum absolute atomic E-state index is 0. The van der Waals surface area contributed by atoms with Crippen molar-refractivity contribution in [2.75, 3.05) is 0 Å². The van der Waals surface area contributed by atoms with Crippen molar-refractivity contribution in [2.24, 2.45) is 11.8 Å². The van der Waals surface area contributed by atoms with Crippen LogP contribution in [0, 0.1) is 11.8 Å². The Morgan fingerprint density at radius 2 is 1.08 bits per heavy atom. The second-order valence-electron chi connectivity index (χ2n) is 4.12. The number of hydrogen-bond donors (Lipinski definition) is 0. The average Bonchev–Trinajstić information content (AvgIpc) is 1.85. The maximum atomic E-state index is 2.34. The van der Waals surface area contributed by atoms with Gasteiger partial charge in [0.2, 0.25) is 0 Å². The van der Waals surface area contributed by atoms with Crippen molar-refractivity contribution < 1.29 is 24.8 Å². The molecule has 0 aliphatic heterocycles. The predicted molar refractivity (Wildman–Crippen MR) is 54.3 cm³/mol. The molecule has 13 heavy (non-hydrogen) atoms. The van der Waals surface area contributed by atoms with Crippen molar-refractivity contribution >= 4 is 21.1 Å². The Labute approximate surface area is 107 Å². The quantitative estimate of drug-likeness (QED) is 0.377. The molecule has 0 heterocycles. The summed E-state index contributed by atoms with van der Waals surface area (Å²) >= 11 is 0.0759. The zero-order valence-corrected chi connectivity index (χ0v) is 13.6. The van der Waals surface area contributed by atoms with Crippen LogP contribution in [0.1, 0.15) is 40.5 Å². The summed E-state index contributed by atoms with van der Waals surface area (Å²) in [7, 11) is 0. The Morgan fingerprint density at radius 3 is 1.31 bits per heavy atom. The molecule has 80 valence electrons. The maximum Gasteiger partial charge on any atom is -1.00 e. The van der Waals surface area contributed by atoms with Crippen LogP contribution in [0.2, 0.25) is 8.87 Å². The molecule has 0 spiro atoms. The first-order valence-corrected chi connectivity index (χ1v) is 8.87. The van der Waals surface area contributed by atoms with Crippen LogP contribution in [0.3, 0.4) is 0 Å². The predicted octanol–water partition coefficient (Wildman–Crippen LogP) is -2.37. The van der Waals surface area contributed by atoms with Gasteiger partial charge in [0.25, 0.3) is 0 Å². The van der Waals surface area contributed by atoms with E-state index in [0.29, 0.717) is 0 Å². The van der Waals surface area contributed by atoms with E-state index in [0.717, 1.165) is 11.8 Å². The minimum atomic E-state index is 0. The Bertz CT molecular complexity index is 75.0. The molecule has 0 nitrogen and oxygen atoms in total. The monoisotopic (exact) mass is 332 g/mol. The van der Waals surface area contributed by atoms with Crippen molar-refractivity contribution in [3.8, 4) is 0 Å². The van der Waals surface area contributed by atoms with Gasteiger partial charge in [-0.1, -0.05) is 0 Å². The van der Waals surface area contributed by atoms with Gasteiger partial charge in [0.15, 0.2) is 0 Å². The fourth-order valence-electron chi connectivity index (χ4n) is 0.906. The molecule has 0 N–H and O–H groups in total. The van der Waals surface area contributed by atoms with Crippen LogP contribution in [-0.4, -0.2) is 21.1 Å². The second kappa shape index (κ2) is 13.4. The molecule has 0 rings (SSSR count). The first-order chi connectivity index (χ1) is 5.13. The molecule has 0 amide bonds. The van der Waals surface area contributed by atoms with E-state index in [1.54, 1.807) is 8.87 Å². The second-order valence-corrected chi connectivity index (χ2v) is 8.40. The van der Waals surface area contributed by atoms with Crippen LogP contribution in [0.4, 0.5) is 0 Å². The molecule has 0 aliphatic rings. The van der Waals surface area contributed by atoms with Crippen molar-refractivity contribution in [1.29, 1.82) is 0 Å². The summed E-state index contributed by atoms with van der Waals surface area (Å²) in [5.41, 5.74) is 0. The molecule has 0 saturated heterocycles. The topological polar surface area (TPSA) is 0 Å². The van der Waals surface area contributed by atoms with E-state index < -0.39 is 0 Å². The van der Waals surface area contributed by atoms with Crippen molar-refractivity contribution in [2.45, 2.75) is 49.4 Å². The molecular formula is C10H22Cl2Sn. The number of halogens is 2. The van der Waals surface area contributed by atoms with Gasteiger partial charge in [-0.05, 0) is 0 Å². The Hall–Kier alpha value is 1.38. The standard InChI is InChI=1S/2C5H11.2ClH.Sn/c2*1-4-5(2)3;;;/h2*5H,1,4H2,2-3H3;2*1H;/q;;;;+2/p-2. The molecule has 0 saturated carbocycles. The van der Waals surface area contributed by atoms with Gasteiger partial charge in [-0.3, -0.25) is 0 Å². The zero-order chi connectivity index (χ0) is 8.69. The summed E-state index contributed by atoms with van der Waals surface area (Å²) in [5.74, 6) is 1.88. The van der Waals surface area contributed by atoms with Gasteiger partial charge in [-0.2, -0.15) is 0 Å². The van der Waals surface area contributed by atoms with Crippen LogP contribution in [0.15, 0.2) is 0 Å². The van der Waals surface area contributed by atoms with Crippen LogP contribution < -0.4 is 24.8 Å². The van der Waals surface area contributed by atoms with E-state index in [1.807, 2.05) is 0 Å². The Morgan fingerprint density at radius 1 is 0.769 bits per heavy atom. The number of rotatable bonds is 6. The summed E-state index contributed by atoms with van der Waals surface area (Å²) in [5, 5.41) is 0. The molecule has 0 unspecified atom stereocenters. The van der Waals surface area contributed by atoms with Gasteiger partial charge in [0.1, 0.15) is 0 Å². The summed E-state index contributed by atoms with van der Waals surface area (Å²) in [6.45, 7) is 9.34. The SMILES string of the molecule is CC(C)C[CH2][Sn+2][CH2]CC(C)C.[Cl-].[Cl-]. The third kappa shape index (κ3) is 19.7. The largest absolute Gasteiger partial charge is 1.00 e. The van der Waals surface area contributed by atoms with Crippen molar-refractivity contribution in [1.82, 2.24) is 0 Å². The molecule has 0 aliphatic carbocycles. The van der Waals surface area contributed by atoms with E-state index in [1.165, 1.54) is 12.8 Å². The molecule has 0 aromatic carbocycles. The van der Waals surface area contributed by atoms with E-state index in [4.69, 9.17) is 0 Å². The molecule has 0 bridgehead atoms. The fraction of sp³-hybridized carbons (Fsp3) is 1.00. The molecular weight excluding hydrogens is 310 g/mol. The summed E-state index contributed by atoms with van der Waals surface area (Å²) < 4.78 is 3.21. The average molecular weight is 332 g/mol. The molecule has 0 radical (unpaired) electrons. The van der Waals surface area contributed by atoms with Gasteiger partial charge in [-0.15, -0.1) is 0 Å². The van der Waals surface area contributed by atoms with Crippen molar-refractivity contribution in [3.63, 3.8) is 0 Å². The normalized spacial score (nSPS) is 9.08. The van der Waals surface area contributed by atoms with Gasteiger partial charge < -0.3 is 24.8 Å². The van der Waals surface area contributed by atoms with Gasteiger partial charge in [0.05, 0.1) is 0 Å². The third-order valence-corrected chi connectivity index (χ3v) is 5.46. The molecule has 3 heteroatoms. The summed E-state index contributed by atoms with van der Waals surface area (Å²) in [6, 6.07) is 0. The fourth-order valence-corrected chi connectivity index (χ4v) is 6.08. The van der Waals surface area contributed by atoms with Crippen LogP contribution in [-0.2, 0) is 0 Å². The van der Waals surface area contributed by atoms with Crippen LogP contribution >= 0.6 is 0 Å². The Balaban J connectivity index is -0.000000500. The van der Waals surface area contributed by atoms with E-state index in [2.05, 4.69) is 27.7 Å². The zero-order valence-electron chi connectivity index (χ0n) is 9.24. The molecule has 0 fully saturated rings. The summed E-state index contributed by atoms with van der Waals surface area (Å²) in [6.07, 6.45) is 2.98. The van der Waals surface area contributed by atoms with E-state index in [9.17, 15) is 0 Å². The minimum Gasteiger partial charge on any atom is -1.00 e. The smallest absolute Gasteiger partial charge is 1.00 e. The Kier molecular flexibility index (Phi) is 20.5. The number of hydrogen-bond acceptors (Lipinski definition) is 0. The first kappa shape index (κ1) is 19.9.